The van der Waals surface area contributed by atoms with Crippen molar-refractivity contribution in [2.24, 2.45) is 5.92 Å². The van der Waals surface area contributed by atoms with E-state index in [-0.39, 0.29) is 0 Å². The van der Waals surface area contributed by atoms with Gasteiger partial charge in [-0.2, -0.15) is 0 Å². The van der Waals surface area contributed by atoms with Gasteiger partial charge in [-0.15, -0.1) is 5.10 Å². The number of nitrogens with two attached hydrogens (primary N) is 1. The lowest BCUT2D eigenvalue weighted by atomic mass is 10.0. The minimum Gasteiger partial charge on any atom is -0.381 e. The molecule has 1 aromatic rings. The van der Waals surface area contributed by atoms with Crippen molar-refractivity contribution in [1.82, 2.24) is 15.0 Å². The molecule has 0 unspecified atom stereocenters. The van der Waals surface area contributed by atoms with E-state index in [1.165, 1.54) is 32.1 Å². The summed E-state index contributed by atoms with van der Waals surface area (Å²) in [7, 11) is 0. The van der Waals surface area contributed by atoms with E-state index < -0.39 is 0 Å². The topological polar surface area (TPSA) is 56.7 Å². The fraction of sp³-hybridized carbons (Fsp3) is 0.800. The Morgan fingerprint density at radius 3 is 2.71 bits per heavy atom. The molecule has 14 heavy (non-hydrogen) atoms. The Kier molecular flexibility index (Phi) is 2.70. The summed E-state index contributed by atoms with van der Waals surface area (Å²) >= 11 is 0. The van der Waals surface area contributed by atoms with Crippen molar-refractivity contribution < 1.29 is 0 Å². The molecule has 0 atom stereocenters. The quantitative estimate of drug-likeness (QED) is 0.797. The van der Waals surface area contributed by atoms with E-state index in [0.717, 1.165) is 18.2 Å². The number of nitrogens with zero attached hydrogens (tertiary/aromatic N) is 3. The third-order valence-electron chi connectivity index (χ3n) is 3.24. The van der Waals surface area contributed by atoms with Crippen LogP contribution in [-0.4, -0.2) is 15.0 Å². The van der Waals surface area contributed by atoms with Gasteiger partial charge in [0.1, 0.15) is 0 Å². The number of aryl methyl sites for hydroxylation is 1. The third kappa shape index (κ3) is 1.89. The Bertz CT molecular complexity index is 299. The molecule has 1 heterocycles. The number of nitrogen functional groups attached to an aromatic ring is 1. The lowest BCUT2D eigenvalue weighted by molar-refractivity contribution is 0.430. The van der Waals surface area contributed by atoms with Crippen LogP contribution in [0.25, 0.3) is 0 Å². The van der Waals surface area contributed by atoms with E-state index in [1.807, 2.05) is 11.6 Å². The molecule has 0 spiro atoms. The summed E-state index contributed by atoms with van der Waals surface area (Å²) in [5.41, 5.74) is 6.63. The highest BCUT2D eigenvalue weighted by Gasteiger charge is 2.15. The van der Waals surface area contributed by atoms with Crippen molar-refractivity contribution in [2.45, 2.75) is 45.6 Å². The fourth-order valence-electron chi connectivity index (χ4n) is 2.19. The summed E-state index contributed by atoms with van der Waals surface area (Å²) in [5.74, 6) is 1.47. The molecule has 2 N–H and O–H groups in total. The van der Waals surface area contributed by atoms with Crippen LogP contribution in [-0.2, 0) is 6.54 Å². The molecule has 4 nitrogen and oxygen atoms in total. The van der Waals surface area contributed by atoms with Crippen LogP contribution in [0.15, 0.2) is 0 Å². The zero-order chi connectivity index (χ0) is 9.97. The molecule has 0 bridgehead atoms. The van der Waals surface area contributed by atoms with Crippen molar-refractivity contribution in [2.75, 3.05) is 5.73 Å². The van der Waals surface area contributed by atoms with Gasteiger partial charge >= 0.3 is 0 Å². The number of anilines is 1. The lowest BCUT2D eigenvalue weighted by Gasteiger charge is -2.08. The molecule has 2 rings (SSSR count). The second kappa shape index (κ2) is 3.98. The second-order valence-electron chi connectivity index (χ2n) is 4.22. The summed E-state index contributed by atoms with van der Waals surface area (Å²) in [6, 6.07) is 0. The van der Waals surface area contributed by atoms with Crippen molar-refractivity contribution in [3.63, 3.8) is 0 Å². The van der Waals surface area contributed by atoms with Crippen LogP contribution < -0.4 is 5.73 Å². The highest BCUT2D eigenvalue weighted by molar-refractivity contribution is 5.31. The number of hydrogen-bond acceptors (Lipinski definition) is 3. The monoisotopic (exact) mass is 194 g/mol. The molecule has 1 fully saturated rings. The van der Waals surface area contributed by atoms with Crippen molar-refractivity contribution in [1.29, 1.82) is 0 Å². The van der Waals surface area contributed by atoms with E-state index in [9.17, 15) is 0 Å². The average molecular weight is 194 g/mol. The lowest BCUT2D eigenvalue weighted by Crippen LogP contribution is -2.07. The van der Waals surface area contributed by atoms with Crippen LogP contribution in [0.3, 0.4) is 0 Å². The largest absolute Gasteiger partial charge is 0.381 e. The van der Waals surface area contributed by atoms with Crippen molar-refractivity contribution in [3.05, 3.63) is 5.69 Å². The third-order valence-corrected chi connectivity index (χ3v) is 3.24. The van der Waals surface area contributed by atoms with Gasteiger partial charge in [-0.3, -0.25) is 0 Å². The van der Waals surface area contributed by atoms with Crippen LogP contribution in [0, 0.1) is 12.8 Å². The van der Waals surface area contributed by atoms with Gasteiger partial charge in [-0.05, 0) is 19.3 Å². The predicted molar refractivity (Wildman–Crippen MR) is 55.7 cm³/mol. The number of rotatable bonds is 3. The van der Waals surface area contributed by atoms with Gasteiger partial charge < -0.3 is 5.73 Å². The first kappa shape index (κ1) is 9.49. The van der Waals surface area contributed by atoms with Gasteiger partial charge in [0.25, 0.3) is 0 Å². The highest BCUT2D eigenvalue weighted by Crippen LogP contribution is 2.27. The van der Waals surface area contributed by atoms with Gasteiger partial charge in [-0.1, -0.05) is 30.9 Å². The molecule has 0 saturated heterocycles. The summed E-state index contributed by atoms with van der Waals surface area (Å²) in [6.45, 7) is 2.95. The van der Waals surface area contributed by atoms with Gasteiger partial charge in [0.15, 0.2) is 5.82 Å². The van der Waals surface area contributed by atoms with Crippen molar-refractivity contribution in [3.8, 4) is 0 Å². The Morgan fingerprint density at radius 1 is 1.43 bits per heavy atom. The molecule has 0 aliphatic heterocycles. The Hall–Kier alpha value is -1.06. The van der Waals surface area contributed by atoms with E-state index >= 15 is 0 Å². The first-order chi connectivity index (χ1) is 6.77. The van der Waals surface area contributed by atoms with Gasteiger partial charge in [0.2, 0.25) is 0 Å². The number of hydrogen-bond donors (Lipinski definition) is 1. The van der Waals surface area contributed by atoms with Crippen LogP contribution in [0.5, 0.6) is 0 Å². The first-order valence-electron chi connectivity index (χ1n) is 5.43. The van der Waals surface area contributed by atoms with Crippen LogP contribution in [0.2, 0.25) is 0 Å². The van der Waals surface area contributed by atoms with E-state index in [4.69, 9.17) is 5.73 Å². The van der Waals surface area contributed by atoms with Gasteiger partial charge in [0.05, 0.1) is 5.69 Å². The van der Waals surface area contributed by atoms with Gasteiger partial charge in [0, 0.05) is 6.54 Å². The second-order valence-corrected chi connectivity index (χ2v) is 4.22. The molecule has 4 heteroatoms. The summed E-state index contributed by atoms with van der Waals surface area (Å²) < 4.78 is 1.92. The smallest absolute Gasteiger partial charge is 0.168 e. The normalized spacial score (nSPS) is 17.8. The molecular formula is C10H18N4. The van der Waals surface area contributed by atoms with E-state index in [1.54, 1.807) is 0 Å². The van der Waals surface area contributed by atoms with E-state index in [2.05, 4.69) is 10.3 Å². The molecule has 1 aromatic heterocycles. The zero-order valence-electron chi connectivity index (χ0n) is 8.74. The highest BCUT2D eigenvalue weighted by atomic mass is 15.4. The molecule has 78 valence electrons. The number of aromatic nitrogens is 3. The SMILES string of the molecule is Cc1c(N)nnn1CCC1CCCC1. The maximum Gasteiger partial charge on any atom is 0.168 e. The predicted octanol–water partition coefficient (Wildman–Crippen LogP) is 1.75. The molecular weight excluding hydrogens is 176 g/mol. The Labute approximate surface area is 84.5 Å². The van der Waals surface area contributed by atoms with Crippen LogP contribution in [0.4, 0.5) is 5.82 Å². The Morgan fingerprint density at radius 2 is 2.14 bits per heavy atom. The summed E-state index contributed by atoms with van der Waals surface area (Å²) in [6.07, 6.45) is 6.82. The van der Waals surface area contributed by atoms with Gasteiger partial charge in [-0.25, -0.2) is 4.68 Å². The van der Waals surface area contributed by atoms with Crippen LogP contribution in [0.1, 0.15) is 37.8 Å². The molecule has 1 aliphatic rings. The molecule has 0 aromatic carbocycles. The maximum absolute atomic E-state index is 5.63. The molecule has 0 radical (unpaired) electrons. The Balaban J connectivity index is 1.88. The summed E-state index contributed by atoms with van der Waals surface area (Å²) in [4.78, 5) is 0. The fourth-order valence-corrected chi connectivity index (χ4v) is 2.19. The summed E-state index contributed by atoms with van der Waals surface area (Å²) in [5, 5.41) is 7.87. The standard InChI is InChI=1S/C10H18N4/c1-8-10(11)12-13-14(8)7-6-9-4-2-3-5-9/h9H,2-7,11H2,1H3. The van der Waals surface area contributed by atoms with E-state index in [0.29, 0.717) is 5.82 Å². The minimum atomic E-state index is 0.566. The molecule has 1 saturated carbocycles. The maximum atomic E-state index is 5.63. The van der Waals surface area contributed by atoms with Crippen LogP contribution >= 0.6 is 0 Å². The average Bonchev–Trinajstić information content (AvgIpc) is 2.77. The minimum absolute atomic E-state index is 0.566. The zero-order valence-corrected chi connectivity index (χ0v) is 8.74. The van der Waals surface area contributed by atoms with Crippen molar-refractivity contribution >= 4 is 5.82 Å². The molecule has 0 amide bonds. The molecule has 1 aliphatic carbocycles. The first-order valence-corrected chi connectivity index (χ1v) is 5.43.